The number of rotatable bonds is 8. The first-order valence-corrected chi connectivity index (χ1v) is 9.23. The van der Waals surface area contributed by atoms with Gasteiger partial charge in [0.1, 0.15) is 0 Å². The van der Waals surface area contributed by atoms with Crippen LogP contribution in [0.2, 0.25) is 0 Å². The monoisotopic (exact) mass is 286 g/mol. The predicted molar refractivity (Wildman–Crippen MR) is 101 cm³/mol. The molecule has 0 aliphatic carbocycles. The quantitative estimate of drug-likeness (QED) is 0.567. The summed E-state index contributed by atoms with van der Waals surface area (Å²) < 4.78 is 0.545. The molecule has 4 atom stereocenters. The Morgan fingerprint density at radius 3 is 1.27 bits per heavy atom. The van der Waals surface area contributed by atoms with Gasteiger partial charge in [0.15, 0.2) is 0 Å². The molecule has 0 N–H and O–H groups in total. The maximum atomic E-state index is 2.39. The van der Waals surface area contributed by atoms with Crippen molar-refractivity contribution in [3.8, 4) is 0 Å². The molecule has 1 rings (SSSR count). The van der Waals surface area contributed by atoms with E-state index in [1.54, 1.807) is 0 Å². The summed E-state index contributed by atoms with van der Waals surface area (Å²) in [5.74, 6) is 1.58. The SMILES string of the molecule is [Li][C](C)(CC(C)CC)c1ccc([C]([Li])(C)CC(C)CC)cc1. The van der Waals surface area contributed by atoms with E-state index in [0.717, 1.165) is 11.8 Å². The average molecular weight is 286 g/mol. The first-order chi connectivity index (χ1) is 10.1. The summed E-state index contributed by atoms with van der Waals surface area (Å²) in [5.41, 5.74) is 2.96. The van der Waals surface area contributed by atoms with Gasteiger partial charge < -0.3 is 0 Å². The fourth-order valence-electron chi connectivity index (χ4n) is 3.64. The number of hydrogen-bond donors (Lipinski definition) is 0. The van der Waals surface area contributed by atoms with E-state index in [2.05, 4.69) is 101 Å². The predicted octanol–water partition coefficient (Wildman–Crippen LogP) is 5.33. The van der Waals surface area contributed by atoms with Gasteiger partial charge in [0.2, 0.25) is 0 Å². The Morgan fingerprint density at radius 2 is 1.05 bits per heavy atom. The topological polar surface area (TPSA) is 0 Å². The fraction of sp³-hybridized carbons (Fsp3) is 0.700. The minimum atomic E-state index is 0.273. The first-order valence-electron chi connectivity index (χ1n) is 9.23. The van der Waals surface area contributed by atoms with Crippen LogP contribution in [-0.4, -0.2) is 35.4 Å². The zero-order valence-electron chi connectivity index (χ0n) is 16.3. The molecule has 114 valence electrons. The van der Waals surface area contributed by atoms with Crippen molar-refractivity contribution in [3.63, 3.8) is 0 Å². The zero-order chi connectivity index (χ0) is 17.0. The van der Waals surface area contributed by atoms with Gasteiger partial charge in [-0.15, -0.1) is 0 Å². The minimum absolute atomic E-state index is 0.273. The van der Waals surface area contributed by atoms with E-state index in [1.165, 1.54) is 36.8 Å². The standard InChI is InChI=1S/C20H32.2Li/c1-7-15(3)13-17(5)19-9-11-20(12-10-19)18(6)14-16(4)8-2;;/h9-12,15-16H,7-8,13-14H2,1-6H3;;. The Labute approximate surface area is 157 Å². The molecule has 22 heavy (non-hydrogen) atoms. The third kappa shape index (κ3) is 5.80. The van der Waals surface area contributed by atoms with Gasteiger partial charge >= 0.3 is 158 Å². The van der Waals surface area contributed by atoms with Crippen LogP contribution in [0, 0.1) is 11.8 Å². The molecule has 0 saturated carbocycles. The zero-order valence-corrected chi connectivity index (χ0v) is 16.3. The molecule has 0 radical (unpaired) electrons. The van der Waals surface area contributed by atoms with Crippen molar-refractivity contribution in [1.29, 1.82) is 0 Å². The Balaban J connectivity index is 2.90. The van der Waals surface area contributed by atoms with E-state index >= 15 is 0 Å². The van der Waals surface area contributed by atoms with E-state index in [9.17, 15) is 0 Å². The summed E-state index contributed by atoms with van der Waals surface area (Å²) in [5, 5.41) is 0. The van der Waals surface area contributed by atoms with Crippen LogP contribution < -0.4 is 0 Å². The van der Waals surface area contributed by atoms with Crippen molar-refractivity contribution in [2.75, 3.05) is 0 Å². The molecule has 0 spiro atoms. The van der Waals surface area contributed by atoms with Crippen LogP contribution in [-0.2, 0) is 8.18 Å². The third-order valence-electron chi connectivity index (χ3n) is 5.56. The molecule has 0 saturated heterocycles. The normalized spacial score (nSPS) is 20.1. The summed E-state index contributed by atoms with van der Waals surface area (Å²) in [6.45, 7) is 14.1. The van der Waals surface area contributed by atoms with Crippen LogP contribution in [0.5, 0.6) is 0 Å². The fourth-order valence-corrected chi connectivity index (χ4v) is 3.64. The Bertz CT molecular complexity index is 402. The molecule has 1 aromatic rings. The Morgan fingerprint density at radius 1 is 0.773 bits per heavy atom. The summed E-state index contributed by atoms with van der Waals surface area (Å²) in [6, 6.07) is 9.48. The van der Waals surface area contributed by atoms with Crippen molar-refractivity contribution in [1.82, 2.24) is 0 Å². The van der Waals surface area contributed by atoms with Gasteiger partial charge in [0.25, 0.3) is 0 Å². The van der Waals surface area contributed by atoms with Crippen molar-refractivity contribution in [3.05, 3.63) is 35.4 Å². The van der Waals surface area contributed by atoms with E-state index < -0.39 is 0 Å². The van der Waals surface area contributed by atoms with Gasteiger partial charge in [0, 0.05) is 0 Å². The maximum absolute atomic E-state index is 2.39. The van der Waals surface area contributed by atoms with Gasteiger partial charge in [-0.1, -0.05) is 0 Å². The van der Waals surface area contributed by atoms with Crippen molar-refractivity contribution in [2.45, 2.75) is 75.4 Å². The van der Waals surface area contributed by atoms with Crippen LogP contribution in [0.15, 0.2) is 24.3 Å². The van der Waals surface area contributed by atoms with Crippen LogP contribution in [0.4, 0.5) is 0 Å². The molecule has 1 aromatic carbocycles. The van der Waals surface area contributed by atoms with Crippen molar-refractivity contribution < 1.29 is 0 Å². The molecular formula is C20H32Li2. The molecule has 0 heterocycles. The van der Waals surface area contributed by atoms with Crippen LogP contribution in [0.1, 0.15) is 78.4 Å². The second-order valence-electron chi connectivity index (χ2n) is 8.78. The summed E-state index contributed by atoms with van der Waals surface area (Å²) in [4.78, 5) is 0. The first kappa shape index (κ1) is 20.5. The molecular weight excluding hydrogens is 254 g/mol. The van der Waals surface area contributed by atoms with E-state index in [4.69, 9.17) is 0 Å². The summed E-state index contributed by atoms with van der Waals surface area (Å²) >= 11 is 4.77. The summed E-state index contributed by atoms with van der Waals surface area (Å²) in [7, 11) is 0. The second-order valence-corrected chi connectivity index (χ2v) is 8.78. The summed E-state index contributed by atoms with van der Waals surface area (Å²) in [6.07, 6.45) is 5.06. The molecule has 4 unspecified atom stereocenters. The van der Waals surface area contributed by atoms with Gasteiger partial charge in [0.05, 0.1) is 0 Å². The second kappa shape index (κ2) is 8.49. The van der Waals surface area contributed by atoms with Gasteiger partial charge in [-0.05, 0) is 0 Å². The Kier molecular flexibility index (Phi) is 7.90. The van der Waals surface area contributed by atoms with Gasteiger partial charge in [-0.3, -0.25) is 0 Å². The van der Waals surface area contributed by atoms with Crippen molar-refractivity contribution in [2.24, 2.45) is 11.8 Å². The molecule has 0 fully saturated rings. The molecule has 0 aliphatic heterocycles. The number of hydrogen-bond acceptors (Lipinski definition) is 0. The van der Waals surface area contributed by atoms with Crippen molar-refractivity contribution >= 4 is 35.4 Å². The Hall–Kier alpha value is 0.415. The van der Waals surface area contributed by atoms with Gasteiger partial charge in [-0.25, -0.2) is 0 Å². The van der Waals surface area contributed by atoms with E-state index in [1.807, 2.05) is 0 Å². The number of benzene rings is 1. The van der Waals surface area contributed by atoms with Crippen LogP contribution in [0.25, 0.3) is 0 Å². The van der Waals surface area contributed by atoms with Gasteiger partial charge in [-0.2, -0.15) is 0 Å². The molecule has 0 aliphatic rings. The molecule has 0 bridgehead atoms. The average Bonchev–Trinajstić information content (AvgIpc) is 2.46. The molecule has 2 heteroatoms. The van der Waals surface area contributed by atoms with E-state index in [-0.39, 0.29) is 8.18 Å². The molecule has 0 aromatic heterocycles. The van der Waals surface area contributed by atoms with E-state index in [0.29, 0.717) is 0 Å². The van der Waals surface area contributed by atoms with Crippen LogP contribution >= 0.6 is 0 Å². The third-order valence-corrected chi connectivity index (χ3v) is 5.56. The molecule has 0 nitrogen and oxygen atoms in total. The molecule has 0 amide bonds. The van der Waals surface area contributed by atoms with Crippen LogP contribution in [0.3, 0.4) is 0 Å².